The van der Waals surface area contributed by atoms with Crippen LogP contribution in [-0.4, -0.2) is 45.1 Å². The third kappa shape index (κ3) is 4.95. The molecule has 0 amide bonds. The Morgan fingerprint density at radius 3 is 2.24 bits per heavy atom. The molecule has 0 saturated heterocycles. The van der Waals surface area contributed by atoms with E-state index in [9.17, 15) is 9.90 Å². The Morgan fingerprint density at radius 2 is 1.64 bits per heavy atom. The molecule has 0 radical (unpaired) electrons. The van der Waals surface area contributed by atoms with Crippen molar-refractivity contribution in [2.24, 2.45) is 0 Å². The summed E-state index contributed by atoms with van der Waals surface area (Å²) in [6.07, 6.45) is -0.995. The van der Waals surface area contributed by atoms with Gasteiger partial charge in [-0.3, -0.25) is 4.79 Å². The smallest absolute Gasteiger partial charge is 0.195 e. The molecule has 25 heavy (non-hydrogen) atoms. The average Bonchev–Trinajstić information content (AvgIpc) is 2.66. The van der Waals surface area contributed by atoms with Crippen molar-refractivity contribution in [3.05, 3.63) is 53.6 Å². The molecule has 2 aromatic rings. The molecule has 2 aromatic carbocycles. The first-order chi connectivity index (χ1) is 12.1. The van der Waals surface area contributed by atoms with Gasteiger partial charge >= 0.3 is 0 Å². The minimum absolute atomic E-state index is 0.0119. The molecular formula is C19H22O6. The number of hydrogen-bond acceptors (Lipinski definition) is 6. The topological polar surface area (TPSA) is 74.2 Å². The number of ether oxygens (including phenoxy) is 4. The Bertz CT molecular complexity index is 696. The first-order valence-corrected chi connectivity index (χ1v) is 7.74. The maximum atomic E-state index is 12.6. The summed E-state index contributed by atoms with van der Waals surface area (Å²) in [6.45, 7) is -0.0119. The van der Waals surface area contributed by atoms with Crippen LogP contribution in [-0.2, 0) is 11.2 Å². The molecule has 0 aromatic heterocycles. The number of benzene rings is 2. The van der Waals surface area contributed by atoms with E-state index in [2.05, 4.69) is 0 Å². The predicted octanol–water partition coefficient (Wildman–Crippen LogP) is 2.47. The van der Waals surface area contributed by atoms with E-state index in [1.54, 1.807) is 37.4 Å². The zero-order valence-electron chi connectivity index (χ0n) is 14.5. The third-order valence-electron chi connectivity index (χ3n) is 3.68. The molecule has 1 atom stereocenters. The van der Waals surface area contributed by atoms with Crippen LogP contribution >= 0.6 is 0 Å². The van der Waals surface area contributed by atoms with Crippen molar-refractivity contribution in [3.63, 3.8) is 0 Å². The van der Waals surface area contributed by atoms with Gasteiger partial charge in [0.15, 0.2) is 12.6 Å². The molecular weight excluding hydrogens is 324 g/mol. The third-order valence-corrected chi connectivity index (χ3v) is 3.68. The van der Waals surface area contributed by atoms with Gasteiger partial charge < -0.3 is 24.1 Å². The maximum absolute atomic E-state index is 12.6. The second-order valence-electron chi connectivity index (χ2n) is 5.35. The number of carbonyl (C=O) groups is 1. The molecule has 6 nitrogen and oxygen atoms in total. The van der Waals surface area contributed by atoms with Crippen LogP contribution in [0.5, 0.6) is 17.2 Å². The number of aliphatic hydroxyl groups excluding tert-OH is 1. The monoisotopic (exact) mass is 346 g/mol. The standard InChI is InChI=1S/C19H22O6/c1-22-12-25-18-11-15(24-3)8-9-16(18)19(21)17(20)10-13-4-6-14(23-2)7-5-13/h4-9,11,17,20H,10,12H2,1-3H3. The van der Waals surface area contributed by atoms with E-state index in [0.29, 0.717) is 11.5 Å². The highest BCUT2D eigenvalue weighted by molar-refractivity contribution is 6.02. The maximum Gasteiger partial charge on any atom is 0.195 e. The molecule has 0 heterocycles. The molecule has 2 rings (SSSR count). The molecule has 1 unspecified atom stereocenters. The molecule has 0 aliphatic rings. The van der Waals surface area contributed by atoms with E-state index in [1.807, 2.05) is 12.1 Å². The first kappa shape index (κ1) is 18.8. The van der Waals surface area contributed by atoms with E-state index in [4.69, 9.17) is 18.9 Å². The Morgan fingerprint density at radius 1 is 1.00 bits per heavy atom. The number of aliphatic hydroxyl groups is 1. The number of ketones is 1. The Kier molecular flexibility index (Phi) is 6.80. The highest BCUT2D eigenvalue weighted by Gasteiger charge is 2.22. The number of hydrogen-bond donors (Lipinski definition) is 1. The lowest BCUT2D eigenvalue weighted by atomic mass is 9.99. The van der Waals surface area contributed by atoms with Crippen molar-refractivity contribution in [3.8, 4) is 17.2 Å². The van der Waals surface area contributed by atoms with Gasteiger partial charge in [0.25, 0.3) is 0 Å². The molecule has 0 saturated carbocycles. The van der Waals surface area contributed by atoms with E-state index < -0.39 is 11.9 Å². The summed E-state index contributed by atoms with van der Waals surface area (Å²) in [5, 5.41) is 10.3. The highest BCUT2D eigenvalue weighted by Crippen LogP contribution is 2.27. The van der Waals surface area contributed by atoms with Gasteiger partial charge in [0, 0.05) is 19.6 Å². The van der Waals surface area contributed by atoms with Gasteiger partial charge in [-0.15, -0.1) is 0 Å². The van der Waals surface area contributed by atoms with Gasteiger partial charge in [0.2, 0.25) is 0 Å². The minimum Gasteiger partial charge on any atom is -0.497 e. The largest absolute Gasteiger partial charge is 0.497 e. The molecule has 134 valence electrons. The molecule has 6 heteroatoms. The first-order valence-electron chi connectivity index (χ1n) is 7.74. The van der Waals surface area contributed by atoms with Crippen molar-refractivity contribution in [2.75, 3.05) is 28.1 Å². The summed E-state index contributed by atoms with van der Waals surface area (Å²) < 4.78 is 20.6. The van der Waals surface area contributed by atoms with E-state index >= 15 is 0 Å². The molecule has 0 spiro atoms. The lowest BCUT2D eigenvalue weighted by Crippen LogP contribution is -2.24. The van der Waals surface area contributed by atoms with Crippen LogP contribution < -0.4 is 14.2 Å². The fourth-order valence-corrected chi connectivity index (χ4v) is 2.33. The Balaban J connectivity index is 2.16. The molecule has 0 fully saturated rings. The fourth-order valence-electron chi connectivity index (χ4n) is 2.33. The number of Topliss-reactive ketones (excluding diaryl/α,β-unsaturated/α-hetero) is 1. The second-order valence-corrected chi connectivity index (χ2v) is 5.35. The number of carbonyl (C=O) groups excluding carboxylic acids is 1. The molecule has 0 aliphatic carbocycles. The Hall–Kier alpha value is -2.57. The summed E-state index contributed by atoms with van der Waals surface area (Å²) in [4.78, 5) is 12.6. The molecule has 1 N–H and O–H groups in total. The predicted molar refractivity (Wildman–Crippen MR) is 92.5 cm³/mol. The Labute approximate surface area is 146 Å². The van der Waals surface area contributed by atoms with Crippen molar-refractivity contribution in [1.82, 2.24) is 0 Å². The second kappa shape index (κ2) is 9.05. The quantitative estimate of drug-likeness (QED) is 0.555. The van der Waals surface area contributed by atoms with Crippen LogP contribution in [0.1, 0.15) is 15.9 Å². The van der Waals surface area contributed by atoms with Crippen molar-refractivity contribution < 1.29 is 28.8 Å². The van der Waals surface area contributed by atoms with Crippen LogP contribution in [0.25, 0.3) is 0 Å². The van der Waals surface area contributed by atoms with Crippen LogP contribution in [0, 0.1) is 0 Å². The zero-order valence-corrected chi connectivity index (χ0v) is 14.5. The lowest BCUT2D eigenvalue weighted by Gasteiger charge is -2.15. The number of methoxy groups -OCH3 is 3. The summed E-state index contributed by atoms with van der Waals surface area (Å²) in [5.41, 5.74) is 1.10. The van der Waals surface area contributed by atoms with E-state index in [-0.39, 0.29) is 18.8 Å². The summed E-state index contributed by atoms with van der Waals surface area (Å²) in [5.74, 6) is 1.15. The van der Waals surface area contributed by atoms with E-state index in [1.165, 1.54) is 14.2 Å². The van der Waals surface area contributed by atoms with Crippen LogP contribution in [0.15, 0.2) is 42.5 Å². The highest BCUT2D eigenvalue weighted by atomic mass is 16.7. The minimum atomic E-state index is -1.19. The van der Waals surface area contributed by atoms with Crippen molar-refractivity contribution >= 4 is 5.78 Å². The normalized spacial score (nSPS) is 11.7. The van der Waals surface area contributed by atoms with Crippen LogP contribution in [0.2, 0.25) is 0 Å². The van der Waals surface area contributed by atoms with Gasteiger partial charge in [-0.2, -0.15) is 0 Å². The van der Waals surface area contributed by atoms with Gasteiger partial charge in [-0.05, 0) is 29.8 Å². The zero-order chi connectivity index (χ0) is 18.2. The van der Waals surface area contributed by atoms with Crippen molar-refractivity contribution in [2.45, 2.75) is 12.5 Å². The molecule has 0 bridgehead atoms. The van der Waals surface area contributed by atoms with Crippen LogP contribution in [0.3, 0.4) is 0 Å². The van der Waals surface area contributed by atoms with Gasteiger partial charge in [-0.1, -0.05) is 12.1 Å². The summed E-state index contributed by atoms with van der Waals surface area (Å²) in [6, 6.07) is 12.0. The SMILES string of the molecule is COCOc1cc(OC)ccc1C(=O)C(O)Cc1ccc(OC)cc1. The fraction of sp³-hybridized carbons (Fsp3) is 0.316. The molecule has 0 aliphatic heterocycles. The lowest BCUT2D eigenvalue weighted by molar-refractivity contribution is 0.0489. The summed E-state index contributed by atoms with van der Waals surface area (Å²) in [7, 11) is 4.59. The average molecular weight is 346 g/mol. The van der Waals surface area contributed by atoms with E-state index in [0.717, 1.165) is 11.3 Å². The van der Waals surface area contributed by atoms with Crippen molar-refractivity contribution in [1.29, 1.82) is 0 Å². The number of rotatable bonds is 9. The van der Waals surface area contributed by atoms with Gasteiger partial charge in [0.1, 0.15) is 23.4 Å². The summed E-state index contributed by atoms with van der Waals surface area (Å²) >= 11 is 0. The van der Waals surface area contributed by atoms with Crippen LogP contribution in [0.4, 0.5) is 0 Å². The van der Waals surface area contributed by atoms with Gasteiger partial charge in [0.05, 0.1) is 19.8 Å². The van der Waals surface area contributed by atoms with Gasteiger partial charge in [-0.25, -0.2) is 0 Å².